The topological polar surface area (TPSA) is 37.4 Å². The minimum absolute atomic E-state index is 0.127. The number of hydrogen-bond acceptors (Lipinski definition) is 3. The van der Waals surface area contributed by atoms with E-state index < -0.39 is 9.84 Å². The van der Waals surface area contributed by atoms with Crippen molar-refractivity contribution in [3.05, 3.63) is 0 Å². The van der Waals surface area contributed by atoms with E-state index in [1.165, 1.54) is 0 Å². The molecule has 0 unspecified atom stereocenters. The van der Waals surface area contributed by atoms with Crippen LogP contribution in [0.15, 0.2) is 0 Å². The van der Waals surface area contributed by atoms with Gasteiger partial charge in [0, 0.05) is 66.5 Å². The molecule has 4 heteroatoms. The maximum Gasteiger partial charge on any atom is 0.153 e. The molecule has 120 valence electrons. The van der Waals surface area contributed by atoms with Gasteiger partial charge in [0.2, 0.25) is 0 Å². The maximum absolute atomic E-state index is 11.3. The molecular formula is C22H9NO2S. The van der Waals surface area contributed by atoms with E-state index in [1.54, 1.807) is 4.90 Å². The molecule has 26 heavy (non-hydrogen) atoms. The van der Waals surface area contributed by atoms with Gasteiger partial charge in [0.25, 0.3) is 0 Å². The number of sulfone groups is 1. The van der Waals surface area contributed by atoms with Crippen LogP contribution in [0.25, 0.3) is 0 Å². The second-order valence-electron chi connectivity index (χ2n) is 4.27. The van der Waals surface area contributed by atoms with Crippen molar-refractivity contribution in [3.8, 4) is 107 Å². The van der Waals surface area contributed by atoms with E-state index in [2.05, 4.69) is 101 Å². The van der Waals surface area contributed by atoms with Gasteiger partial charge in [-0.25, -0.2) is 8.42 Å². The molecule has 1 saturated heterocycles. The fourth-order valence-corrected chi connectivity index (χ4v) is 2.57. The monoisotopic (exact) mass is 351 g/mol. The fourth-order valence-electron chi connectivity index (χ4n) is 1.37. The Labute approximate surface area is 155 Å². The normalized spacial score (nSPS) is 11.6. The first kappa shape index (κ1) is 19.8. The van der Waals surface area contributed by atoms with Gasteiger partial charge in [-0.1, -0.05) is 0 Å². The highest BCUT2D eigenvalue weighted by Crippen LogP contribution is 2.01. The molecule has 0 atom stereocenters. The summed E-state index contributed by atoms with van der Waals surface area (Å²) >= 11 is 0. The third kappa shape index (κ3) is 10.5. The van der Waals surface area contributed by atoms with E-state index in [0.717, 1.165) is 0 Å². The van der Waals surface area contributed by atoms with Crippen LogP contribution in [0.4, 0.5) is 0 Å². The lowest BCUT2D eigenvalue weighted by molar-refractivity contribution is 0.424. The van der Waals surface area contributed by atoms with Crippen LogP contribution in [0.3, 0.4) is 0 Å². The number of rotatable bonds is 0. The van der Waals surface area contributed by atoms with E-state index in [-0.39, 0.29) is 11.5 Å². The van der Waals surface area contributed by atoms with Crippen molar-refractivity contribution in [2.75, 3.05) is 24.6 Å². The lowest BCUT2D eigenvalue weighted by atomic mass is 10.5. The van der Waals surface area contributed by atoms with Crippen LogP contribution < -0.4 is 0 Å². The third-order valence-electron chi connectivity index (χ3n) is 2.51. The Morgan fingerprint density at radius 2 is 0.923 bits per heavy atom. The first-order valence-corrected chi connectivity index (χ1v) is 8.88. The minimum atomic E-state index is -2.90. The summed E-state index contributed by atoms with van der Waals surface area (Å²) in [5.41, 5.74) is 0. The molecule has 0 N–H and O–H groups in total. The van der Waals surface area contributed by atoms with Crippen molar-refractivity contribution >= 4 is 9.84 Å². The first-order chi connectivity index (χ1) is 12.6. The Balaban J connectivity index is 2.41. The van der Waals surface area contributed by atoms with E-state index in [0.29, 0.717) is 13.1 Å². The van der Waals surface area contributed by atoms with Gasteiger partial charge in [0.15, 0.2) is 9.84 Å². The van der Waals surface area contributed by atoms with Crippen LogP contribution in [0.5, 0.6) is 0 Å². The summed E-state index contributed by atoms with van der Waals surface area (Å²) in [5.74, 6) is 39.6. The third-order valence-corrected chi connectivity index (χ3v) is 4.11. The summed E-state index contributed by atoms with van der Waals surface area (Å²) in [6, 6.07) is 2.78. The Hall–Kier alpha value is -4.21. The summed E-state index contributed by atoms with van der Waals surface area (Å²) in [7, 11) is -2.90. The molecule has 1 fully saturated rings. The molecule has 0 spiro atoms. The highest BCUT2D eigenvalue weighted by molar-refractivity contribution is 7.91. The second kappa shape index (κ2) is 12.2. The smallest absolute Gasteiger partial charge is 0.153 e. The molecule has 0 radical (unpaired) electrons. The Morgan fingerprint density at radius 1 is 0.577 bits per heavy atom. The van der Waals surface area contributed by atoms with Gasteiger partial charge >= 0.3 is 0 Å². The molecule has 1 heterocycles. The van der Waals surface area contributed by atoms with Crippen LogP contribution in [-0.2, 0) is 9.84 Å². The minimum Gasteiger partial charge on any atom is -0.330 e. The SMILES string of the molecule is C#CC#CC#CC#CC#CC#CC#CC#CC#CN1CCS(=O)(=O)CC1. The summed E-state index contributed by atoms with van der Waals surface area (Å²) < 4.78 is 22.5. The van der Waals surface area contributed by atoms with Crippen LogP contribution in [0, 0.1) is 107 Å². The predicted octanol–water partition coefficient (Wildman–Crippen LogP) is -0.665. The van der Waals surface area contributed by atoms with Crippen molar-refractivity contribution < 1.29 is 8.42 Å². The molecule has 0 saturated carbocycles. The molecule has 3 nitrogen and oxygen atoms in total. The molecule has 0 aromatic rings. The van der Waals surface area contributed by atoms with Gasteiger partial charge in [0.1, 0.15) is 0 Å². The Morgan fingerprint density at radius 3 is 1.31 bits per heavy atom. The van der Waals surface area contributed by atoms with Gasteiger partial charge < -0.3 is 4.90 Å². The largest absolute Gasteiger partial charge is 0.330 e. The van der Waals surface area contributed by atoms with Crippen molar-refractivity contribution in [2.45, 2.75) is 0 Å². The van der Waals surface area contributed by atoms with Crippen molar-refractivity contribution in [2.24, 2.45) is 0 Å². The second-order valence-corrected chi connectivity index (χ2v) is 6.57. The zero-order valence-corrected chi connectivity index (χ0v) is 14.4. The van der Waals surface area contributed by atoms with Crippen molar-refractivity contribution in [3.63, 3.8) is 0 Å². The molecule has 0 aromatic carbocycles. The molecule has 1 aliphatic rings. The van der Waals surface area contributed by atoms with Gasteiger partial charge in [0.05, 0.1) is 11.5 Å². The molecule has 1 aliphatic heterocycles. The highest BCUT2D eigenvalue weighted by Gasteiger charge is 2.19. The molecule has 0 bridgehead atoms. The summed E-state index contributed by atoms with van der Waals surface area (Å²) in [4.78, 5) is 1.73. The van der Waals surface area contributed by atoms with E-state index in [4.69, 9.17) is 6.42 Å². The molecule has 0 amide bonds. The average molecular weight is 351 g/mol. The zero-order chi connectivity index (χ0) is 18.9. The Kier molecular flexibility index (Phi) is 9.34. The average Bonchev–Trinajstić information content (AvgIpc) is 2.62. The summed E-state index contributed by atoms with van der Waals surface area (Å²) in [6.07, 6.45) is 4.91. The van der Waals surface area contributed by atoms with Gasteiger partial charge in [-0.2, -0.15) is 0 Å². The molecule has 0 aromatic heterocycles. The quantitative estimate of drug-likeness (QED) is 0.544. The zero-order valence-electron chi connectivity index (χ0n) is 13.6. The van der Waals surface area contributed by atoms with Gasteiger partial charge in [-0.3, -0.25) is 0 Å². The van der Waals surface area contributed by atoms with E-state index >= 15 is 0 Å². The Bertz CT molecular complexity index is 1190. The molecular weight excluding hydrogens is 342 g/mol. The number of terminal acetylenes is 1. The standard InChI is InChI=1S/C22H9NO2S/c1-2-3-4-5-6-7-8-9-10-11-12-13-14-15-16-17-18-23-19-21-26(24,25)22-20-23/h1H,19-22H2. The molecule has 0 aliphatic carbocycles. The maximum atomic E-state index is 11.3. The number of nitrogens with zero attached hydrogens (tertiary/aromatic N) is 1. The number of hydrogen-bond donors (Lipinski definition) is 0. The first-order valence-electron chi connectivity index (χ1n) is 7.06. The lowest BCUT2D eigenvalue weighted by Gasteiger charge is -2.21. The molecule has 1 rings (SSSR count). The van der Waals surface area contributed by atoms with Crippen molar-refractivity contribution in [1.82, 2.24) is 4.90 Å². The van der Waals surface area contributed by atoms with E-state index in [9.17, 15) is 8.42 Å². The fraction of sp³-hybridized carbons (Fsp3) is 0.182. The van der Waals surface area contributed by atoms with E-state index in [1.807, 2.05) is 0 Å². The van der Waals surface area contributed by atoms with Gasteiger partial charge in [-0.15, -0.1) is 6.42 Å². The van der Waals surface area contributed by atoms with Crippen molar-refractivity contribution in [1.29, 1.82) is 0 Å². The van der Waals surface area contributed by atoms with Crippen LogP contribution >= 0.6 is 0 Å². The van der Waals surface area contributed by atoms with Crippen LogP contribution in [0.1, 0.15) is 0 Å². The lowest BCUT2D eigenvalue weighted by Crippen LogP contribution is -2.37. The van der Waals surface area contributed by atoms with Crippen LogP contribution in [0.2, 0.25) is 0 Å². The highest BCUT2D eigenvalue weighted by atomic mass is 32.2. The summed E-state index contributed by atoms with van der Waals surface area (Å²) in [6.45, 7) is 0.805. The predicted molar refractivity (Wildman–Crippen MR) is 101 cm³/mol. The summed E-state index contributed by atoms with van der Waals surface area (Å²) in [5, 5.41) is 0. The van der Waals surface area contributed by atoms with Crippen LogP contribution in [-0.4, -0.2) is 37.9 Å². The van der Waals surface area contributed by atoms with Gasteiger partial charge in [-0.05, 0) is 47.4 Å².